The smallest absolute Gasteiger partial charge is 0.417 e. The van der Waals surface area contributed by atoms with Crippen LogP contribution in [-0.4, -0.2) is 74.5 Å². The highest BCUT2D eigenvalue weighted by Crippen LogP contribution is 2.54. The molecule has 0 aromatic heterocycles. The normalized spacial score (nSPS) is 33.7. The molecule has 7 atom stereocenters. The Hall–Kier alpha value is -3.42. The standard InChI is InChI=1S/C30H35F3N4O6/c1-37(2)23-16-8-13-7-15-20(24(39)19(13)27(41)29(16,43)26(34)21(25(23)40)28(35)42)18(38)9-14(22(15)30(31,32)33)10-36-17-6-11-3-4-12(17)5-11/h9,11-13,16-17,23,34,36,38-40,43H,3-8,10H2,1-2H3,(H2,35,42)/t11?,12-,13-,16-,17-,23-,29+/m0/s1. The lowest BCUT2D eigenvalue weighted by molar-refractivity contribution is -0.139. The topological polar surface area (TPSA) is 180 Å². The van der Waals surface area contributed by atoms with Gasteiger partial charge < -0.3 is 36.9 Å². The molecule has 2 bridgehead atoms. The first-order valence-electron chi connectivity index (χ1n) is 14.4. The van der Waals surface area contributed by atoms with E-state index < -0.39 is 93.0 Å². The number of amides is 1. The number of ketones is 1. The molecule has 0 aliphatic heterocycles. The van der Waals surface area contributed by atoms with Crippen LogP contribution in [0.25, 0.3) is 5.76 Å². The second-order valence-electron chi connectivity index (χ2n) is 13.0. The number of nitrogens with one attached hydrogen (secondary N) is 2. The van der Waals surface area contributed by atoms with Crippen LogP contribution in [0.5, 0.6) is 5.75 Å². The van der Waals surface area contributed by atoms with Gasteiger partial charge in [-0.05, 0) is 81.1 Å². The van der Waals surface area contributed by atoms with Crippen LogP contribution in [0.2, 0.25) is 0 Å². The third-order valence-electron chi connectivity index (χ3n) is 10.4. The minimum atomic E-state index is -4.85. The minimum absolute atomic E-state index is 0.0853. The van der Waals surface area contributed by atoms with Crippen LogP contribution >= 0.6 is 0 Å². The Morgan fingerprint density at radius 2 is 1.88 bits per heavy atom. The zero-order valence-electron chi connectivity index (χ0n) is 23.8. The largest absolute Gasteiger partial charge is 0.510 e. The molecule has 0 heterocycles. The molecule has 3 fully saturated rings. The number of likely N-dealkylation sites (N-methyl/N-ethyl adjacent to an activating group) is 1. The fourth-order valence-corrected chi connectivity index (χ4v) is 8.67. The van der Waals surface area contributed by atoms with Crippen LogP contribution in [-0.2, 0) is 28.7 Å². The lowest BCUT2D eigenvalue weighted by Gasteiger charge is -2.51. The number of fused-ring (bicyclic) bond motifs is 5. The number of Topliss-reactive ketones (excluding diaryl/α,β-unsaturated/α-hetero) is 1. The van der Waals surface area contributed by atoms with Crippen molar-refractivity contribution in [3.63, 3.8) is 0 Å². The van der Waals surface area contributed by atoms with E-state index in [4.69, 9.17) is 11.1 Å². The van der Waals surface area contributed by atoms with Crippen molar-refractivity contribution in [2.24, 2.45) is 29.4 Å². The van der Waals surface area contributed by atoms with Gasteiger partial charge in [0.05, 0.1) is 22.9 Å². The maximum atomic E-state index is 14.7. The summed E-state index contributed by atoms with van der Waals surface area (Å²) >= 11 is 0. The number of nitrogens with zero attached hydrogens (tertiary/aromatic N) is 1. The number of carbonyl (C=O) groups excluding carboxylic acids is 2. The molecular formula is C30H35F3N4O6. The van der Waals surface area contributed by atoms with Crippen molar-refractivity contribution >= 4 is 23.2 Å². The number of halogens is 3. The SMILES string of the molecule is CN(C)[C@@H]1C(O)=C(C(N)=O)C(=N)[C@@]2(O)C(=O)C3=C(O)c4c(O)cc(CN[C@H]5CC6CC[C@H]5C6)c(C(F)(F)F)c4C[C@H]3C[C@@H]12. The average molecular weight is 605 g/mol. The molecule has 43 heavy (non-hydrogen) atoms. The first kappa shape index (κ1) is 29.6. The van der Waals surface area contributed by atoms with Crippen molar-refractivity contribution < 1.29 is 43.2 Å². The first-order valence-corrected chi connectivity index (χ1v) is 14.4. The first-order chi connectivity index (χ1) is 20.1. The van der Waals surface area contributed by atoms with Crippen LogP contribution in [0.15, 0.2) is 23.0 Å². The molecule has 8 N–H and O–H groups in total. The van der Waals surface area contributed by atoms with Crippen molar-refractivity contribution in [1.29, 1.82) is 5.41 Å². The van der Waals surface area contributed by atoms with Gasteiger partial charge in [0.25, 0.3) is 5.91 Å². The molecule has 5 aliphatic rings. The van der Waals surface area contributed by atoms with E-state index in [0.29, 0.717) is 11.8 Å². The van der Waals surface area contributed by atoms with Gasteiger partial charge in [0.2, 0.25) is 5.78 Å². The summed E-state index contributed by atoms with van der Waals surface area (Å²) in [7, 11) is 3.02. The summed E-state index contributed by atoms with van der Waals surface area (Å²) in [5, 5.41) is 56.8. The number of aromatic hydroxyl groups is 1. The van der Waals surface area contributed by atoms with E-state index in [9.17, 15) is 43.2 Å². The molecule has 1 aromatic rings. The van der Waals surface area contributed by atoms with E-state index in [2.05, 4.69) is 5.32 Å². The van der Waals surface area contributed by atoms with Gasteiger partial charge in [0, 0.05) is 24.1 Å². The van der Waals surface area contributed by atoms with Crippen LogP contribution in [0.4, 0.5) is 13.2 Å². The summed E-state index contributed by atoms with van der Waals surface area (Å²) in [5.41, 5.74) is -1.51. The number of nitrogens with two attached hydrogens (primary N) is 1. The van der Waals surface area contributed by atoms with Crippen molar-refractivity contribution in [3.05, 3.63) is 45.2 Å². The van der Waals surface area contributed by atoms with Crippen LogP contribution in [0.3, 0.4) is 0 Å². The molecule has 0 radical (unpaired) electrons. The van der Waals surface area contributed by atoms with E-state index in [1.165, 1.54) is 19.0 Å². The summed E-state index contributed by atoms with van der Waals surface area (Å²) in [6, 6.07) is -0.133. The molecule has 0 spiro atoms. The fraction of sp³-hybridized carbons (Fsp3) is 0.567. The molecule has 1 unspecified atom stereocenters. The molecular weight excluding hydrogens is 569 g/mol. The minimum Gasteiger partial charge on any atom is -0.510 e. The van der Waals surface area contributed by atoms with Gasteiger partial charge in [-0.2, -0.15) is 13.2 Å². The highest BCUT2D eigenvalue weighted by atomic mass is 19.4. The molecule has 1 amide bonds. The van der Waals surface area contributed by atoms with Gasteiger partial charge in [0.15, 0.2) is 5.60 Å². The predicted molar refractivity (Wildman–Crippen MR) is 148 cm³/mol. The molecule has 1 aromatic carbocycles. The van der Waals surface area contributed by atoms with Gasteiger partial charge in [-0.3, -0.25) is 14.5 Å². The van der Waals surface area contributed by atoms with E-state index in [1.54, 1.807) is 0 Å². The van der Waals surface area contributed by atoms with Crippen molar-refractivity contribution in [1.82, 2.24) is 10.2 Å². The van der Waals surface area contributed by atoms with Gasteiger partial charge in [-0.15, -0.1) is 0 Å². The Kier molecular flexibility index (Phi) is 6.75. The number of hydrogen-bond acceptors (Lipinski definition) is 9. The van der Waals surface area contributed by atoms with Gasteiger partial charge in [0.1, 0.15) is 22.8 Å². The predicted octanol–water partition coefficient (Wildman–Crippen LogP) is 2.71. The number of benzene rings is 1. The van der Waals surface area contributed by atoms with Crippen LogP contribution in [0, 0.1) is 29.1 Å². The fourth-order valence-electron chi connectivity index (χ4n) is 8.67. The quantitative estimate of drug-likeness (QED) is 0.268. The Labute approximate surface area is 245 Å². The van der Waals surface area contributed by atoms with Gasteiger partial charge in [-0.25, -0.2) is 0 Å². The Morgan fingerprint density at radius 1 is 1.19 bits per heavy atom. The van der Waals surface area contributed by atoms with Crippen molar-refractivity contribution in [3.8, 4) is 5.75 Å². The van der Waals surface area contributed by atoms with E-state index in [1.807, 2.05) is 0 Å². The summed E-state index contributed by atoms with van der Waals surface area (Å²) in [5.74, 6) is -5.92. The van der Waals surface area contributed by atoms with Gasteiger partial charge >= 0.3 is 6.18 Å². The summed E-state index contributed by atoms with van der Waals surface area (Å²) in [6.07, 6.45) is -1.34. The number of aliphatic hydroxyl groups excluding tert-OH is 2. The number of carbonyl (C=O) groups is 2. The summed E-state index contributed by atoms with van der Waals surface area (Å²) in [6.45, 7) is -0.138. The zero-order chi connectivity index (χ0) is 31.3. The number of rotatable bonds is 5. The summed E-state index contributed by atoms with van der Waals surface area (Å²) < 4.78 is 44.2. The number of phenolic OH excluding ortho intramolecular Hbond substituents is 1. The number of phenols is 1. The Bertz CT molecular complexity index is 1520. The molecule has 0 saturated heterocycles. The molecule has 232 valence electrons. The maximum absolute atomic E-state index is 14.7. The Balaban J connectivity index is 1.46. The molecule has 10 nitrogen and oxygen atoms in total. The zero-order valence-corrected chi connectivity index (χ0v) is 23.8. The van der Waals surface area contributed by atoms with Crippen LogP contribution < -0.4 is 11.1 Å². The molecule has 13 heteroatoms. The van der Waals surface area contributed by atoms with Crippen molar-refractivity contribution in [2.45, 2.75) is 68.9 Å². The maximum Gasteiger partial charge on any atom is 0.417 e. The Morgan fingerprint density at radius 3 is 2.44 bits per heavy atom. The summed E-state index contributed by atoms with van der Waals surface area (Å²) in [4.78, 5) is 27.6. The third-order valence-corrected chi connectivity index (χ3v) is 10.4. The van der Waals surface area contributed by atoms with E-state index >= 15 is 0 Å². The van der Waals surface area contributed by atoms with E-state index in [0.717, 1.165) is 31.7 Å². The number of hydrogen-bond donors (Lipinski definition) is 7. The highest BCUT2D eigenvalue weighted by Gasteiger charge is 2.63. The number of aliphatic hydroxyl groups is 3. The van der Waals surface area contributed by atoms with E-state index in [-0.39, 0.29) is 30.1 Å². The molecule has 3 saturated carbocycles. The lowest BCUT2D eigenvalue weighted by atomic mass is 9.56. The van der Waals surface area contributed by atoms with Gasteiger partial charge in [-0.1, -0.05) is 6.42 Å². The number of primary amides is 1. The average Bonchev–Trinajstić information content (AvgIpc) is 3.52. The molecule has 5 aliphatic carbocycles. The van der Waals surface area contributed by atoms with Crippen molar-refractivity contribution in [2.75, 3.05) is 14.1 Å². The second-order valence-corrected chi connectivity index (χ2v) is 13.0. The highest BCUT2D eigenvalue weighted by molar-refractivity contribution is 6.33. The molecule has 6 rings (SSSR count). The second kappa shape index (κ2) is 9.80. The lowest BCUT2D eigenvalue weighted by Crippen LogP contribution is -2.67. The van der Waals surface area contributed by atoms with Crippen LogP contribution in [0.1, 0.15) is 54.4 Å². The monoisotopic (exact) mass is 604 g/mol. The third kappa shape index (κ3) is 4.22. The number of alkyl halides is 3.